The fourth-order valence-corrected chi connectivity index (χ4v) is 4.50. The molecule has 1 aromatic heterocycles. The van der Waals surface area contributed by atoms with E-state index < -0.39 is 10.0 Å². The second-order valence-electron chi connectivity index (χ2n) is 4.88. The molecule has 9 heteroatoms. The molecule has 1 heterocycles. The van der Waals surface area contributed by atoms with Gasteiger partial charge < -0.3 is 0 Å². The van der Waals surface area contributed by atoms with Crippen molar-refractivity contribution in [3.8, 4) is 0 Å². The van der Waals surface area contributed by atoms with Crippen molar-refractivity contribution in [2.75, 3.05) is 7.05 Å². The molecule has 120 valence electrons. The molecule has 0 bridgehead atoms. The van der Waals surface area contributed by atoms with Crippen LogP contribution in [0, 0.1) is 0 Å². The van der Waals surface area contributed by atoms with Gasteiger partial charge in [-0.15, -0.1) is 0 Å². The second kappa shape index (κ2) is 6.33. The van der Waals surface area contributed by atoms with Crippen molar-refractivity contribution >= 4 is 56.0 Å². The Hall–Kier alpha value is -1.25. The molecule has 0 N–H and O–H groups in total. The molecular weight excluding hydrogens is 377 g/mol. The third-order valence-corrected chi connectivity index (χ3v) is 6.31. The Labute approximate surface area is 147 Å². The summed E-state index contributed by atoms with van der Waals surface area (Å²) in [6.07, 6.45) is 0. The Morgan fingerprint density at radius 3 is 2.70 bits per heavy atom. The third-order valence-electron chi connectivity index (χ3n) is 3.35. The highest BCUT2D eigenvalue weighted by atomic mass is 35.5. The van der Waals surface area contributed by atoms with E-state index in [-0.39, 0.29) is 11.4 Å². The molecule has 0 aliphatic carbocycles. The zero-order valence-electron chi connectivity index (χ0n) is 11.9. The predicted octanol–water partition coefficient (Wildman–Crippen LogP) is 3.82. The van der Waals surface area contributed by atoms with Crippen LogP contribution in [0.25, 0.3) is 11.0 Å². The molecule has 0 aliphatic rings. The smallest absolute Gasteiger partial charge is 0.207 e. The predicted molar refractivity (Wildman–Crippen MR) is 92.5 cm³/mol. The summed E-state index contributed by atoms with van der Waals surface area (Å²) in [5.74, 6) is 0. The lowest BCUT2D eigenvalue weighted by Crippen LogP contribution is -2.26. The number of nitrogens with zero attached hydrogens (tertiary/aromatic N) is 3. The molecule has 0 spiro atoms. The number of hydrogen-bond acceptors (Lipinski definition) is 5. The second-order valence-corrected chi connectivity index (χ2v) is 8.27. The highest BCUT2D eigenvalue weighted by Gasteiger charge is 2.25. The van der Waals surface area contributed by atoms with Crippen LogP contribution in [0.15, 0.2) is 41.3 Å². The van der Waals surface area contributed by atoms with Gasteiger partial charge in [-0.05, 0) is 29.8 Å². The van der Waals surface area contributed by atoms with Crippen molar-refractivity contribution in [3.05, 3.63) is 52.0 Å². The van der Waals surface area contributed by atoms with Crippen LogP contribution in [0.4, 0.5) is 0 Å². The van der Waals surface area contributed by atoms with Gasteiger partial charge in [0.25, 0.3) is 0 Å². The molecule has 0 aliphatic heterocycles. The minimum atomic E-state index is -3.71. The van der Waals surface area contributed by atoms with E-state index >= 15 is 0 Å². The van der Waals surface area contributed by atoms with Gasteiger partial charge in [-0.2, -0.15) is 13.1 Å². The van der Waals surface area contributed by atoms with E-state index in [4.69, 9.17) is 23.2 Å². The highest BCUT2D eigenvalue weighted by Crippen LogP contribution is 2.27. The van der Waals surface area contributed by atoms with E-state index in [1.807, 2.05) is 0 Å². The number of benzene rings is 2. The van der Waals surface area contributed by atoms with Gasteiger partial charge in [0, 0.05) is 23.6 Å². The van der Waals surface area contributed by atoms with Crippen LogP contribution in [-0.2, 0) is 16.6 Å². The molecule has 0 unspecified atom stereocenters. The summed E-state index contributed by atoms with van der Waals surface area (Å²) < 4.78 is 35.0. The minimum Gasteiger partial charge on any atom is -0.207 e. The molecule has 0 fully saturated rings. The molecule has 2 aromatic carbocycles. The molecule has 5 nitrogen and oxygen atoms in total. The fourth-order valence-electron chi connectivity index (χ4n) is 2.13. The zero-order valence-corrected chi connectivity index (χ0v) is 15.0. The van der Waals surface area contributed by atoms with Crippen LogP contribution < -0.4 is 0 Å². The normalized spacial score (nSPS) is 12.2. The topological polar surface area (TPSA) is 63.2 Å². The van der Waals surface area contributed by atoms with Crippen LogP contribution >= 0.6 is 34.9 Å². The number of aromatic nitrogens is 2. The van der Waals surface area contributed by atoms with E-state index in [2.05, 4.69) is 8.75 Å². The Kier molecular flexibility index (Phi) is 4.57. The molecule has 0 saturated heterocycles. The first kappa shape index (κ1) is 16.6. The van der Waals surface area contributed by atoms with Gasteiger partial charge >= 0.3 is 0 Å². The van der Waals surface area contributed by atoms with E-state index in [9.17, 15) is 8.42 Å². The van der Waals surface area contributed by atoms with Crippen molar-refractivity contribution in [1.29, 1.82) is 0 Å². The average molecular weight is 388 g/mol. The lowest BCUT2D eigenvalue weighted by molar-refractivity contribution is 0.467. The van der Waals surface area contributed by atoms with Gasteiger partial charge in [0.2, 0.25) is 10.0 Å². The van der Waals surface area contributed by atoms with E-state index in [1.165, 1.54) is 17.4 Å². The zero-order chi connectivity index (χ0) is 16.6. The molecule has 0 atom stereocenters. The summed E-state index contributed by atoms with van der Waals surface area (Å²) in [6, 6.07) is 9.88. The van der Waals surface area contributed by atoms with Crippen LogP contribution in [0.3, 0.4) is 0 Å². The Morgan fingerprint density at radius 2 is 1.96 bits per heavy atom. The van der Waals surface area contributed by atoms with Crippen molar-refractivity contribution < 1.29 is 8.42 Å². The average Bonchev–Trinajstić information content (AvgIpc) is 2.98. The van der Waals surface area contributed by atoms with E-state index in [0.717, 1.165) is 11.7 Å². The van der Waals surface area contributed by atoms with Gasteiger partial charge in [-0.3, -0.25) is 0 Å². The summed E-state index contributed by atoms with van der Waals surface area (Å²) in [5.41, 5.74) is 1.62. The van der Waals surface area contributed by atoms with Gasteiger partial charge in [0.1, 0.15) is 15.9 Å². The molecule has 0 saturated carbocycles. The molecule has 3 rings (SSSR count). The first-order valence-electron chi connectivity index (χ1n) is 6.51. The standard InChI is InChI=1S/C14H11Cl2N3O2S2/c1-19(8-9-5-6-10(15)7-11(9)16)23(20,21)13-4-2-3-12-14(13)18-22-17-12/h2-7H,8H2,1H3. The Bertz CT molecular complexity index is 973. The summed E-state index contributed by atoms with van der Waals surface area (Å²) in [6.45, 7) is 0.131. The molecule has 3 aromatic rings. The van der Waals surface area contributed by atoms with Crippen molar-refractivity contribution in [2.24, 2.45) is 0 Å². The maximum atomic E-state index is 12.8. The lowest BCUT2D eigenvalue weighted by atomic mass is 10.2. The number of fused-ring (bicyclic) bond motifs is 1. The third kappa shape index (κ3) is 3.20. The van der Waals surface area contributed by atoms with Gasteiger partial charge in [-0.25, -0.2) is 8.42 Å². The highest BCUT2D eigenvalue weighted by molar-refractivity contribution is 7.89. The van der Waals surface area contributed by atoms with Crippen LogP contribution in [0.5, 0.6) is 0 Å². The lowest BCUT2D eigenvalue weighted by Gasteiger charge is -2.18. The van der Waals surface area contributed by atoms with E-state index in [1.54, 1.807) is 30.3 Å². The quantitative estimate of drug-likeness (QED) is 0.682. The van der Waals surface area contributed by atoms with Crippen LogP contribution in [0.2, 0.25) is 10.0 Å². The largest absolute Gasteiger partial charge is 0.245 e. The first-order valence-corrected chi connectivity index (χ1v) is 9.44. The van der Waals surface area contributed by atoms with Crippen molar-refractivity contribution in [1.82, 2.24) is 13.1 Å². The molecule has 23 heavy (non-hydrogen) atoms. The van der Waals surface area contributed by atoms with Crippen molar-refractivity contribution in [3.63, 3.8) is 0 Å². The monoisotopic (exact) mass is 387 g/mol. The van der Waals surface area contributed by atoms with Gasteiger partial charge in [-0.1, -0.05) is 35.3 Å². The number of rotatable bonds is 4. The summed E-state index contributed by atoms with van der Waals surface area (Å²) >= 11 is 13.0. The first-order chi connectivity index (χ1) is 10.9. The number of hydrogen-bond donors (Lipinski definition) is 0. The summed E-state index contributed by atoms with van der Waals surface area (Å²) in [5, 5.41) is 0.927. The number of sulfonamides is 1. The maximum Gasteiger partial charge on any atom is 0.245 e. The van der Waals surface area contributed by atoms with Crippen molar-refractivity contribution in [2.45, 2.75) is 11.4 Å². The SMILES string of the molecule is CN(Cc1ccc(Cl)cc1Cl)S(=O)(=O)c1cccc2nsnc12. The van der Waals surface area contributed by atoms with Gasteiger partial charge in [0.15, 0.2) is 0 Å². The molecular formula is C14H11Cl2N3O2S2. The van der Waals surface area contributed by atoms with E-state index in [0.29, 0.717) is 26.6 Å². The molecule has 0 amide bonds. The Balaban J connectivity index is 1.97. The van der Waals surface area contributed by atoms with Crippen LogP contribution in [-0.4, -0.2) is 28.5 Å². The van der Waals surface area contributed by atoms with Gasteiger partial charge in [0.05, 0.1) is 11.7 Å². The number of halogens is 2. The minimum absolute atomic E-state index is 0.131. The maximum absolute atomic E-state index is 12.8. The Morgan fingerprint density at radius 1 is 1.17 bits per heavy atom. The fraction of sp³-hybridized carbons (Fsp3) is 0.143. The molecule has 0 radical (unpaired) electrons. The summed E-state index contributed by atoms with van der Waals surface area (Å²) in [4.78, 5) is 0.135. The van der Waals surface area contributed by atoms with Crippen LogP contribution in [0.1, 0.15) is 5.56 Å². The summed E-state index contributed by atoms with van der Waals surface area (Å²) in [7, 11) is -2.22.